The third-order valence-corrected chi connectivity index (χ3v) is 4.93. The average molecular weight is 459 g/mol. The zero-order chi connectivity index (χ0) is 19.3. The van der Waals surface area contributed by atoms with Gasteiger partial charge in [0.05, 0.1) is 18.8 Å². The van der Waals surface area contributed by atoms with Crippen LogP contribution in [0.3, 0.4) is 0 Å². The molecule has 0 radical (unpaired) electrons. The second-order valence-corrected chi connectivity index (χ2v) is 6.67. The molecule has 1 atom stereocenters. The molecule has 2 fully saturated rings. The molecule has 11 heteroatoms. The largest absolute Gasteiger partial charge is 0.405 e. The Morgan fingerprint density at radius 3 is 2.34 bits per heavy atom. The molecule has 1 amide bonds. The SMILES string of the molecule is Cl.Cl.O=C(NCC(N1CCNCC1)C(F)(F)F)c1ccccc1N1CCOCC1. The number of carbonyl (C=O) groups excluding carboxylic acids is 1. The fourth-order valence-corrected chi connectivity index (χ4v) is 3.48. The number of nitrogens with one attached hydrogen (secondary N) is 2. The van der Waals surface area contributed by atoms with Gasteiger partial charge in [0, 0.05) is 51.5 Å². The van der Waals surface area contributed by atoms with Crippen LogP contribution in [0.5, 0.6) is 0 Å². The lowest BCUT2D eigenvalue weighted by molar-refractivity contribution is -0.183. The van der Waals surface area contributed by atoms with Gasteiger partial charge in [0.15, 0.2) is 0 Å². The van der Waals surface area contributed by atoms with E-state index in [0.29, 0.717) is 58.0 Å². The lowest BCUT2D eigenvalue weighted by Crippen LogP contribution is -2.57. The van der Waals surface area contributed by atoms with Gasteiger partial charge in [-0.25, -0.2) is 0 Å². The van der Waals surface area contributed by atoms with Gasteiger partial charge in [-0.2, -0.15) is 13.2 Å². The van der Waals surface area contributed by atoms with E-state index in [4.69, 9.17) is 4.74 Å². The van der Waals surface area contributed by atoms with Crippen molar-refractivity contribution >= 4 is 36.4 Å². The molecule has 3 rings (SSSR count). The molecule has 0 saturated carbocycles. The van der Waals surface area contributed by atoms with Crippen molar-refractivity contribution in [2.45, 2.75) is 12.2 Å². The number of halogens is 5. The molecular formula is C18H27Cl2F3N4O2. The Morgan fingerprint density at radius 2 is 1.72 bits per heavy atom. The maximum Gasteiger partial charge on any atom is 0.405 e. The number of benzene rings is 1. The van der Waals surface area contributed by atoms with Crippen molar-refractivity contribution in [1.82, 2.24) is 15.5 Å². The first-order chi connectivity index (χ1) is 13.0. The van der Waals surface area contributed by atoms with Gasteiger partial charge in [0.25, 0.3) is 5.91 Å². The Labute approximate surface area is 180 Å². The van der Waals surface area contributed by atoms with Gasteiger partial charge in [-0.05, 0) is 12.1 Å². The van der Waals surface area contributed by atoms with Gasteiger partial charge >= 0.3 is 6.18 Å². The van der Waals surface area contributed by atoms with Crippen molar-refractivity contribution in [3.63, 3.8) is 0 Å². The Balaban J connectivity index is 0.00000210. The highest BCUT2D eigenvalue weighted by atomic mass is 35.5. The quantitative estimate of drug-likeness (QED) is 0.705. The van der Waals surface area contributed by atoms with Crippen LogP contribution in [0.1, 0.15) is 10.4 Å². The zero-order valence-corrected chi connectivity index (χ0v) is 17.5. The third-order valence-electron chi connectivity index (χ3n) is 4.93. The summed E-state index contributed by atoms with van der Waals surface area (Å²) in [5.74, 6) is -0.485. The summed E-state index contributed by atoms with van der Waals surface area (Å²) >= 11 is 0. The third kappa shape index (κ3) is 6.89. The van der Waals surface area contributed by atoms with Gasteiger partial charge in [0.2, 0.25) is 0 Å². The molecule has 2 saturated heterocycles. The summed E-state index contributed by atoms with van der Waals surface area (Å²) < 4.78 is 45.8. The van der Waals surface area contributed by atoms with E-state index in [2.05, 4.69) is 10.6 Å². The highest BCUT2D eigenvalue weighted by Gasteiger charge is 2.43. The average Bonchev–Trinajstić information content (AvgIpc) is 2.68. The molecule has 0 aliphatic carbocycles. The second-order valence-electron chi connectivity index (χ2n) is 6.67. The minimum absolute atomic E-state index is 0. The van der Waals surface area contributed by atoms with Crippen molar-refractivity contribution < 1.29 is 22.7 Å². The molecule has 0 bridgehead atoms. The molecule has 1 aromatic rings. The van der Waals surface area contributed by atoms with Crippen LogP contribution in [0.25, 0.3) is 0 Å². The van der Waals surface area contributed by atoms with Crippen LogP contribution in [0.2, 0.25) is 0 Å². The van der Waals surface area contributed by atoms with Gasteiger partial charge in [-0.15, -0.1) is 24.8 Å². The van der Waals surface area contributed by atoms with E-state index in [-0.39, 0.29) is 24.8 Å². The van der Waals surface area contributed by atoms with E-state index in [1.54, 1.807) is 12.1 Å². The normalized spacial score (nSPS) is 18.9. The maximum atomic E-state index is 13.5. The molecule has 29 heavy (non-hydrogen) atoms. The topological polar surface area (TPSA) is 56.8 Å². The predicted molar refractivity (Wildman–Crippen MR) is 111 cm³/mol. The highest BCUT2D eigenvalue weighted by Crippen LogP contribution is 2.25. The van der Waals surface area contributed by atoms with E-state index in [0.717, 1.165) is 5.69 Å². The number of rotatable bonds is 5. The summed E-state index contributed by atoms with van der Waals surface area (Å²) in [7, 11) is 0. The van der Waals surface area contributed by atoms with E-state index < -0.39 is 24.7 Å². The number of ether oxygens (including phenoxy) is 1. The molecule has 2 N–H and O–H groups in total. The predicted octanol–water partition coefficient (Wildman–Crippen LogP) is 1.93. The number of carbonyl (C=O) groups is 1. The summed E-state index contributed by atoms with van der Waals surface area (Å²) in [5.41, 5.74) is 1.12. The number of hydrogen-bond acceptors (Lipinski definition) is 5. The number of morpholine rings is 1. The van der Waals surface area contributed by atoms with Gasteiger partial charge in [-0.3, -0.25) is 9.69 Å². The lowest BCUT2D eigenvalue weighted by atomic mass is 10.1. The van der Waals surface area contributed by atoms with Crippen LogP contribution in [0, 0.1) is 0 Å². The first-order valence-electron chi connectivity index (χ1n) is 9.18. The molecule has 2 aliphatic rings. The molecule has 1 unspecified atom stereocenters. The summed E-state index contributed by atoms with van der Waals surface area (Å²) in [6, 6.07) is 5.32. The standard InChI is InChI=1S/C18H25F3N4O2.2ClH/c19-18(20,21)16(25-7-5-22-6-8-25)13-23-17(26)14-3-1-2-4-15(14)24-9-11-27-12-10-24;;/h1-4,16,22H,5-13H2,(H,23,26);2*1H. The Kier molecular flexibility index (Phi) is 10.5. The second kappa shape index (κ2) is 11.8. The van der Waals surface area contributed by atoms with Crippen LogP contribution in [0.15, 0.2) is 24.3 Å². The van der Waals surface area contributed by atoms with Crippen molar-refractivity contribution in [2.75, 3.05) is 63.9 Å². The summed E-state index contributed by atoms with van der Waals surface area (Å²) in [6.07, 6.45) is -4.39. The fraction of sp³-hybridized carbons (Fsp3) is 0.611. The van der Waals surface area contributed by atoms with Crippen molar-refractivity contribution in [1.29, 1.82) is 0 Å². The number of piperazine rings is 1. The highest BCUT2D eigenvalue weighted by molar-refractivity contribution is 5.99. The Hall–Kier alpha value is -1.26. The molecule has 0 aromatic heterocycles. The minimum Gasteiger partial charge on any atom is -0.378 e. The smallest absolute Gasteiger partial charge is 0.378 e. The van der Waals surface area contributed by atoms with Gasteiger partial charge in [-0.1, -0.05) is 12.1 Å². The molecular weight excluding hydrogens is 432 g/mol. The molecule has 1 aromatic carbocycles. The monoisotopic (exact) mass is 458 g/mol. The van der Waals surface area contributed by atoms with Crippen LogP contribution >= 0.6 is 24.8 Å². The Morgan fingerprint density at radius 1 is 1.10 bits per heavy atom. The van der Waals surface area contributed by atoms with E-state index in [1.165, 1.54) is 4.90 Å². The summed E-state index contributed by atoms with van der Waals surface area (Å²) in [5, 5.41) is 5.55. The van der Waals surface area contributed by atoms with Crippen molar-refractivity contribution in [2.24, 2.45) is 0 Å². The number of anilines is 1. The Bertz CT molecular complexity index is 640. The minimum atomic E-state index is -4.39. The van der Waals surface area contributed by atoms with Crippen molar-refractivity contribution in [3.8, 4) is 0 Å². The first kappa shape index (κ1) is 25.8. The zero-order valence-electron chi connectivity index (χ0n) is 15.9. The van der Waals surface area contributed by atoms with Crippen LogP contribution in [-0.4, -0.2) is 82.1 Å². The van der Waals surface area contributed by atoms with Crippen LogP contribution in [0.4, 0.5) is 18.9 Å². The number of amides is 1. The lowest BCUT2D eigenvalue weighted by Gasteiger charge is -2.36. The van der Waals surface area contributed by atoms with E-state index >= 15 is 0 Å². The summed E-state index contributed by atoms with van der Waals surface area (Å²) in [6.45, 7) is 3.62. The molecule has 2 heterocycles. The molecule has 0 spiro atoms. The van der Waals surface area contributed by atoms with Crippen molar-refractivity contribution in [3.05, 3.63) is 29.8 Å². The number of nitrogens with zero attached hydrogens (tertiary/aromatic N) is 2. The number of para-hydroxylation sites is 1. The van der Waals surface area contributed by atoms with Gasteiger partial charge < -0.3 is 20.3 Å². The molecule has 6 nitrogen and oxygen atoms in total. The molecule has 2 aliphatic heterocycles. The number of alkyl halides is 3. The van der Waals surface area contributed by atoms with Crippen LogP contribution < -0.4 is 15.5 Å². The van der Waals surface area contributed by atoms with Gasteiger partial charge in [0.1, 0.15) is 6.04 Å². The maximum absolute atomic E-state index is 13.5. The van der Waals surface area contributed by atoms with E-state index in [9.17, 15) is 18.0 Å². The number of hydrogen-bond donors (Lipinski definition) is 2. The molecule has 166 valence electrons. The first-order valence-corrected chi connectivity index (χ1v) is 9.18. The van der Waals surface area contributed by atoms with Crippen LogP contribution in [-0.2, 0) is 4.74 Å². The van der Waals surface area contributed by atoms with E-state index in [1.807, 2.05) is 17.0 Å². The fourth-order valence-electron chi connectivity index (χ4n) is 3.48. The summed E-state index contributed by atoms with van der Waals surface area (Å²) in [4.78, 5) is 16.1.